The van der Waals surface area contributed by atoms with Gasteiger partial charge in [0, 0.05) is 18.8 Å². The van der Waals surface area contributed by atoms with Gasteiger partial charge in [0.2, 0.25) is 0 Å². The maximum Gasteiger partial charge on any atom is 0.260 e. The lowest BCUT2D eigenvalue weighted by molar-refractivity contribution is 0.0706. The Morgan fingerprint density at radius 3 is 2.50 bits per heavy atom. The van der Waals surface area contributed by atoms with Crippen molar-refractivity contribution in [2.45, 2.75) is 13.5 Å². The maximum absolute atomic E-state index is 12.9. The highest BCUT2D eigenvalue weighted by Crippen LogP contribution is 2.09. The van der Waals surface area contributed by atoms with Gasteiger partial charge in [-0.2, -0.15) is 0 Å². The smallest absolute Gasteiger partial charge is 0.260 e. The number of H-pyrrole nitrogens is 1. The molecule has 0 aliphatic rings. The molecule has 1 aromatic heterocycles. The van der Waals surface area contributed by atoms with Crippen LogP contribution in [0.25, 0.3) is 0 Å². The SMILES string of the molecule is Cc1ccc(C(=O)N(CCO)Cc2ccc(F)cc2)c(=O)[nH]1. The molecule has 0 spiro atoms. The number of benzene rings is 1. The number of nitrogens with one attached hydrogen (secondary N) is 1. The van der Waals surface area contributed by atoms with Crippen LogP contribution in [0.1, 0.15) is 21.6 Å². The van der Waals surface area contributed by atoms with E-state index in [4.69, 9.17) is 5.11 Å². The van der Waals surface area contributed by atoms with Crippen molar-refractivity contribution in [1.82, 2.24) is 9.88 Å². The quantitative estimate of drug-likeness (QED) is 0.878. The number of aliphatic hydroxyl groups is 1. The van der Waals surface area contributed by atoms with Gasteiger partial charge in [0.15, 0.2) is 0 Å². The van der Waals surface area contributed by atoms with Crippen LogP contribution in [0.5, 0.6) is 0 Å². The van der Waals surface area contributed by atoms with Crippen molar-refractivity contribution in [3.8, 4) is 0 Å². The number of amides is 1. The molecule has 116 valence electrons. The zero-order chi connectivity index (χ0) is 16.1. The fourth-order valence-electron chi connectivity index (χ4n) is 2.09. The van der Waals surface area contributed by atoms with Gasteiger partial charge < -0.3 is 15.0 Å². The van der Waals surface area contributed by atoms with Crippen LogP contribution in [-0.2, 0) is 6.54 Å². The van der Waals surface area contributed by atoms with E-state index in [-0.39, 0.29) is 31.1 Å². The number of aliphatic hydroxyl groups excluding tert-OH is 1. The van der Waals surface area contributed by atoms with E-state index in [1.807, 2.05) is 0 Å². The minimum Gasteiger partial charge on any atom is -0.395 e. The van der Waals surface area contributed by atoms with E-state index in [0.717, 1.165) is 0 Å². The zero-order valence-electron chi connectivity index (χ0n) is 12.2. The Balaban J connectivity index is 2.24. The van der Waals surface area contributed by atoms with Gasteiger partial charge in [-0.05, 0) is 36.8 Å². The average Bonchev–Trinajstić information content (AvgIpc) is 2.48. The van der Waals surface area contributed by atoms with Crippen molar-refractivity contribution in [3.63, 3.8) is 0 Å². The molecule has 1 amide bonds. The molecule has 1 aromatic carbocycles. The van der Waals surface area contributed by atoms with Gasteiger partial charge in [0.05, 0.1) is 6.61 Å². The maximum atomic E-state index is 12.9. The molecule has 0 saturated carbocycles. The second kappa shape index (κ2) is 7.00. The minimum absolute atomic E-state index is 0.0150. The van der Waals surface area contributed by atoms with Crippen LogP contribution in [0.4, 0.5) is 4.39 Å². The summed E-state index contributed by atoms with van der Waals surface area (Å²) in [6.07, 6.45) is 0. The molecule has 6 heteroatoms. The van der Waals surface area contributed by atoms with Crippen LogP contribution in [0.3, 0.4) is 0 Å². The van der Waals surface area contributed by atoms with Crippen molar-refractivity contribution in [2.24, 2.45) is 0 Å². The third kappa shape index (κ3) is 3.79. The first kappa shape index (κ1) is 15.9. The number of hydrogen-bond donors (Lipinski definition) is 2. The second-order valence-electron chi connectivity index (χ2n) is 4.96. The summed E-state index contributed by atoms with van der Waals surface area (Å²) < 4.78 is 12.9. The molecular formula is C16H17FN2O3. The van der Waals surface area contributed by atoms with E-state index >= 15 is 0 Å². The van der Waals surface area contributed by atoms with Gasteiger partial charge in [0.1, 0.15) is 11.4 Å². The molecule has 2 N–H and O–H groups in total. The zero-order valence-corrected chi connectivity index (χ0v) is 12.2. The molecule has 0 aliphatic heterocycles. The van der Waals surface area contributed by atoms with E-state index in [2.05, 4.69) is 4.98 Å². The lowest BCUT2D eigenvalue weighted by atomic mass is 10.1. The number of halogens is 1. The molecule has 0 atom stereocenters. The second-order valence-corrected chi connectivity index (χ2v) is 4.96. The highest BCUT2D eigenvalue weighted by atomic mass is 19.1. The number of carbonyl (C=O) groups excluding carboxylic acids is 1. The number of rotatable bonds is 5. The summed E-state index contributed by atoms with van der Waals surface area (Å²) in [7, 11) is 0. The predicted molar refractivity (Wildman–Crippen MR) is 80.0 cm³/mol. The number of aryl methyl sites for hydroxylation is 1. The van der Waals surface area contributed by atoms with Crippen molar-refractivity contribution >= 4 is 5.91 Å². The van der Waals surface area contributed by atoms with Crippen LogP contribution in [0.2, 0.25) is 0 Å². The number of pyridine rings is 1. The number of carbonyl (C=O) groups is 1. The monoisotopic (exact) mass is 304 g/mol. The summed E-state index contributed by atoms with van der Waals surface area (Å²) in [6, 6.07) is 8.83. The van der Waals surface area contributed by atoms with E-state index in [1.54, 1.807) is 25.1 Å². The topological polar surface area (TPSA) is 73.4 Å². The molecule has 5 nitrogen and oxygen atoms in total. The standard InChI is InChI=1S/C16H17FN2O3/c1-11-2-7-14(15(21)18-11)16(22)19(8-9-20)10-12-3-5-13(17)6-4-12/h2-7,20H,8-10H2,1H3,(H,18,21). The summed E-state index contributed by atoms with van der Waals surface area (Å²) in [6.45, 7) is 1.77. The largest absolute Gasteiger partial charge is 0.395 e. The Bertz CT molecular complexity index is 710. The fourth-order valence-corrected chi connectivity index (χ4v) is 2.09. The predicted octanol–water partition coefficient (Wildman–Crippen LogP) is 1.46. The first-order valence-corrected chi connectivity index (χ1v) is 6.86. The summed E-state index contributed by atoms with van der Waals surface area (Å²) in [5.41, 5.74) is 0.925. The number of aromatic amines is 1. The Morgan fingerprint density at radius 2 is 1.91 bits per heavy atom. The first-order chi connectivity index (χ1) is 10.5. The average molecular weight is 304 g/mol. The molecule has 22 heavy (non-hydrogen) atoms. The molecular weight excluding hydrogens is 287 g/mol. The van der Waals surface area contributed by atoms with Gasteiger partial charge >= 0.3 is 0 Å². The Morgan fingerprint density at radius 1 is 1.23 bits per heavy atom. The van der Waals surface area contributed by atoms with Gasteiger partial charge in [-0.25, -0.2) is 4.39 Å². The van der Waals surface area contributed by atoms with Gasteiger partial charge in [-0.3, -0.25) is 9.59 Å². The number of aromatic nitrogens is 1. The molecule has 0 saturated heterocycles. The van der Waals surface area contributed by atoms with Gasteiger partial charge in [-0.1, -0.05) is 12.1 Å². The van der Waals surface area contributed by atoms with Gasteiger partial charge in [-0.15, -0.1) is 0 Å². The van der Waals surface area contributed by atoms with E-state index in [1.165, 1.54) is 23.1 Å². The van der Waals surface area contributed by atoms with E-state index in [0.29, 0.717) is 11.3 Å². The first-order valence-electron chi connectivity index (χ1n) is 6.86. The van der Waals surface area contributed by atoms with E-state index < -0.39 is 11.5 Å². The Hall–Kier alpha value is -2.47. The van der Waals surface area contributed by atoms with Crippen LogP contribution >= 0.6 is 0 Å². The molecule has 2 aromatic rings. The van der Waals surface area contributed by atoms with Crippen LogP contribution in [0, 0.1) is 12.7 Å². The fraction of sp³-hybridized carbons (Fsp3) is 0.250. The number of nitrogens with zero attached hydrogens (tertiary/aromatic N) is 1. The summed E-state index contributed by atoms with van der Waals surface area (Å²) >= 11 is 0. The van der Waals surface area contributed by atoms with Crippen LogP contribution in [-0.4, -0.2) is 34.0 Å². The van der Waals surface area contributed by atoms with Crippen molar-refractivity contribution < 1.29 is 14.3 Å². The van der Waals surface area contributed by atoms with Crippen molar-refractivity contribution in [3.05, 3.63) is 69.4 Å². The van der Waals surface area contributed by atoms with E-state index in [9.17, 15) is 14.0 Å². The molecule has 0 unspecified atom stereocenters. The number of hydrogen-bond acceptors (Lipinski definition) is 3. The van der Waals surface area contributed by atoms with Crippen LogP contribution in [0.15, 0.2) is 41.2 Å². The third-order valence-corrected chi connectivity index (χ3v) is 3.23. The molecule has 0 fully saturated rings. The third-order valence-electron chi connectivity index (χ3n) is 3.23. The molecule has 0 radical (unpaired) electrons. The Kier molecular flexibility index (Phi) is 5.06. The molecule has 0 aliphatic carbocycles. The summed E-state index contributed by atoms with van der Waals surface area (Å²) in [5.74, 6) is -0.835. The van der Waals surface area contributed by atoms with Crippen LogP contribution < -0.4 is 5.56 Å². The molecule has 1 heterocycles. The lowest BCUT2D eigenvalue weighted by Crippen LogP contribution is -2.36. The van der Waals surface area contributed by atoms with Crippen molar-refractivity contribution in [1.29, 1.82) is 0 Å². The highest BCUT2D eigenvalue weighted by molar-refractivity contribution is 5.93. The van der Waals surface area contributed by atoms with Gasteiger partial charge in [0.25, 0.3) is 11.5 Å². The summed E-state index contributed by atoms with van der Waals surface area (Å²) in [4.78, 5) is 28.3. The summed E-state index contributed by atoms with van der Waals surface area (Å²) in [5, 5.41) is 9.13. The van der Waals surface area contributed by atoms with Crippen molar-refractivity contribution in [2.75, 3.05) is 13.2 Å². The lowest BCUT2D eigenvalue weighted by Gasteiger charge is -2.21. The highest BCUT2D eigenvalue weighted by Gasteiger charge is 2.18. The molecule has 2 rings (SSSR count). The minimum atomic E-state index is -0.473. The molecule has 0 bridgehead atoms. The normalized spacial score (nSPS) is 10.5. The Labute approximate surface area is 127 Å².